The molecule has 1 saturated heterocycles. The van der Waals surface area contributed by atoms with E-state index in [4.69, 9.17) is 9.47 Å². The lowest BCUT2D eigenvalue weighted by molar-refractivity contribution is 0.170. The fraction of sp³-hybridized carbons (Fsp3) is 0.435. The Morgan fingerprint density at radius 1 is 1.07 bits per heavy atom. The number of carbonyl (C=O) groups excluding carboxylic acids is 1. The highest BCUT2D eigenvalue weighted by molar-refractivity contribution is 5.75. The van der Waals surface area contributed by atoms with Gasteiger partial charge < -0.3 is 19.7 Å². The summed E-state index contributed by atoms with van der Waals surface area (Å²) in [6.07, 6.45) is 1.97. The second kappa shape index (κ2) is 8.13. The van der Waals surface area contributed by atoms with Crippen LogP contribution in [0.25, 0.3) is 0 Å². The predicted molar refractivity (Wildman–Crippen MR) is 109 cm³/mol. The maximum Gasteiger partial charge on any atom is 0.318 e. The summed E-state index contributed by atoms with van der Waals surface area (Å²) in [5.74, 6) is 1.87. The third kappa shape index (κ3) is 3.79. The van der Waals surface area contributed by atoms with Crippen LogP contribution in [0.3, 0.4) is 0 Å². The second-order valence-corrected chi connectivity index (χ2v) is 7.84. The van der Waals surface area contributed by atoms with Gasteiger partial charge in [0.1, 0.15) is 13.2 Å². The van der Waals surface area contributed by atoms with Crippen LogP contribution >= 0.6 is 0 Å². The average Bonchev–Trinajstić information content (AvgIpc) is 3.22. The molecule has 1 N–H and O–H groups in total. The molecule has 0 saturated carbocycles. The molecule has 2 atom stereocenters. The molecule has 0 radical (unpaired) electrons. The average molecular weight is 380 g/mol. The summed E-state index contributed by atoms with van der Waals surface area (Å²) in [5, 5.41) is 3.27. The lowest BCUT2D eigenvalue weighted by Crippen LogP contribution is -2.42. The van der Waals surface area contributed by atoms with E-state index >= 15 is 0 Å². The van der Waals surface area contributed by atoms with E-state index in [0.717, 1.165) is 42.0 Å². The van der Waals surface area contributed by atoms with Gasteiger partial charge in [-0.15, -0.1) is 0 Å². The fourth-order valence-electron chi connectivity index (χ4n) is 4.13. The molecule has 2 unspecified atom stereocenters. The number of amides is 2. The van der Waals surface area contributed by atoms with Gasteiger partial charge in [-0.25, -0.2) is 4.79 Å². The Labute approximate surface area is 166 Å². The van der Waals surface area contributed by atoms with E-state index in [9.17, 15) is 4.79 Å². The molecule has 2 aromatic carbocycles. The number of urea groups is 1. The summed E-state index contributed by atoms with van der Waals surface area (Å²) in [5.41, 5.74) is 2.25. The monoisotopic (exact) mass is 380 g/mol. The molecule has 2 aliphatic heterocycles. The standard InChI is InChI=1S/C23H28N2O3/c1-16(2)22(17-7-4-3-5-8-17)24-23(26)25-12-6-9-19(25)18-10-11-20-21(15-18)28-14-13-27-20/h3-5,7-8,10-11,15-16,19,22H,6,9,12-14H2,1-2H3,(H,24,26). The fourth-order valence-corrected chi connectivity index (χ4v) is 4.13. The van der Waals surface area contributed by atoms with Crippen molar-refractivity contribution in [2.45, 2.75) is 38.8 Å². The summed E-state index contributed by atoms with van der Waals surface area (Å²) in [6.45, 7) is 6.20. The maximum absolute atomic E-state index is 13.2. The van der Waals surface area contributed by atoms with E-state index in [-0.39, 0.29) is 18.1 Å². The van der Waals surface area contributed by atoms with Crippen LogP contribution in [0, 0.1) is 5.92 Å². The minimum Gasteiger partial charge on any atom is -0.486 e. The Kier molecular flexibility index (Phi) is 5.42. The molecule has 2 amide bonds. The molecule has 0 aromatic heterocycles. The van der Waals surface area contributed by atoms with Crippen molar-refractivity contribution in [2.24, 2.45) is 5.92 Å². The Morgan fingerprint density at radius 2 is 1.82 bits per heavy atom. The smallest absolute Gasteiger partial charge is 0.318 e. The van der Waals surface area contributed by atoms with E-state index in [0.29, 0.717) is 19.1 Å². The first-order chi connectivity index (χ1) is 13.6. The summed E-state index contributed by atoms with van der Waals surface area (Å²) in [4.78, 5) is 15.1. The van der Waals surface area contributed by atoms with Gasteiger partial charge in [0.05, 0.1) is 12.1 Å². The number of carbonyl (C=O) groups is 1. The summed E-state index contributed by atoms with van der Waals surface area (Å²) < 4.78 is 11.4. The first-order valence-electron chi connectivity index (χ1n) is 10.1. The number of nitrogens with one attached hydrogen (secondary N) is 1. The molecule has 0 spiro atoms. The molecule has 0 bridgehead atoms. The first-order valence-corrected chi connectivity index (χ1v) is 10.1. The Balaban J connectivity index is 1.52. The highest BCUT2D eigenvalue weighted by Crippen LogP contribution is 2.38. The number of hydrogen-bond donors (Lipinski definition) is 1. The van der Waals surface area contributed by atoms with Crippen molar-refractivity contribution in [3.63, 3.8) is 0 Å². The molecule has 2 heterocycles. The van der Waals surface area contributed by atoms with Crippen molar-refractivity contribution >= 4 is 6.03 Å². The summed E-state index contributed by atoms with van der Waals surface area (Å²) >= 11 is 0. The van der Waals surface area contributed by atoms with Gasteiger partial charge in [0, 0.05) is 6.54 Å². The topological polar surface area (TPSA) is 50.8 Å². The molecule has 5 heteroatoms. The SMILES string of the molecule is CC(C)C(NC(=O)N1CCCC1c1ccc2c(c1)OCCO2)c1ccccc1. The number of fused-ring (bicyclic) bond motifs is 1. The predicted octanol–water partition coefficient (Wildman–Crippen LogP) is 4.70. The molecule has 2 aromatic rings. The zero-order valence-corrected chi connectivity index (χ0v) is 16.6. The second-order valence-electron chi connectivity index (χ2n) is 7.84. The summed E-state index contributed by atoms with van der Waals surface area (Å²) in [6, 6.07) is 16.3. The molecule has 1 fully saturated rings. The van der Waals surface area contributed by atoms with E-state index in [1.54, 1.807) is 0 Å². The molecular weight excluding hydrogens is 352 g/mol. The summed E-state index contributed by atoms with van der Waals surface area (Å²) in [7, 11) is 0. The number of nitrogens with zero attached hydrogens (tertiary/aromatic N) is 1. The minimum atomic E-state index is -0.00443. The van der Waals surface area contributed by atoms with Crippen molar-refractivity contribution in [3.8, 4) is 11.5 Å². The van der Waals surface area contributed by atoms with Gasteiger partial charge in [0.15, 0.2) is 11.5 Å². The van der Waals surface area contributed by atoms with Gasteiger partial charge in [-0.3, -0.25) is 0 Å². The van der Waals surface area contributed by atoms with Gasteiger partial charge >= 0.3 is 6.03 Å². The van der Waals surface area contributed by atoms with Gasteiger partial charge in [-0.2, -0.15) is 0 Å². The lowest BCUT2D eigenvalue weighted by Gasteiger charge is -2.30. The van der Waals surface area contributed by atoms with Gasteiger partial charge in [-0.1, -0.05) is 50.2 Å². The number of likely N-dealkylation sites (tertiary alicyclic amines) is 1. The van der Waals surface area contributed by atoms with Crippen LogP contribution in [-0.4, -0.2) is 30.7 Å². The minimum absolute atomic E-state index is 0.0000536. The molecule has 148 valence electrons. The number of ether oxygens (including phenoxy) is 2. The Morgan fingerprint density at radius 3 is 2.57 bits per heavy atom. The molecular formula is C23H28N2O3. The number of hydrogen-bond acceptors (Lipinski definition) is 3. The van der Waals surface area contributed by atoms with Crippen LogP contribution in [0.15, 0.2) is 48.5 Å². The van der Waals surface area contributed by atoms with Crippen LogP contribution in [0.5, 0.6) is 11.5 Å². The quantitative estimate of drug-likeness (QED) is 0.836. The van der Waals surface area contributed by atoms with E-state index < -0.39 is 0 Å². The van der Waals surface area contributed by atoms with Gasteiger partial charge in [-0.05, 0) is 42.0 Å². The molecule has 0 aliphatic carbocycles. The van der Waals surface area contributed by atoms with Crippen LogP contribution in [0.2, 0.25) is 0 Å². The van der Waals surface area contributed by atoms with Crippen molar-refractivity contribution < 1.29 is 14.3 Å². The maximum atomic E-state index is 13.2. The van der Waals surface area contributed by atoms with Gasteiger partial charge in [0.2, 0.25) is 0 Å². The largest absolute Gasteiger partial charge is 0.486 e. The molecule has 4 rings (SSSR count). The zero-order chi connectivity index (χ0) is 19.5. The normalized spacial score (nSPS) is 19.5. The van der Waals surface area contributed by atoms with E-state index in [1.807, 2.05) is 35.2 Å². The van der Waals surface area contributed by atoms with E-state index in [1.165, 1.54) is 0 Å². The lowest BCUT2D eigenvalue weighted by atomic mass is 9.96. The van der Waals surface area contributed by atoms with Crippen molar-refractivity contribution in [1.29, 1.82) is 0 Å². The van der Waals surface area contributed by atoms with Crippen molar-refractivity contribution in [2.75, 3.05) is 19.8 Å². The zero-order valence-electron chi connectivity index (χ0n) is 16.6. The highest BCUT2D eigenvalue weighted by Gasteiger charge is 2.32. The number of rotatable bonds is 4. The van der Waals surface area contributed by atoms with Crippen molar-refractivity contribution in [3.05, 3.63) is 59.7 Å². The molecule has 28 heavy (non-hydrogen) atoms. The Bertz CT molecular complexity index is 822. The number of benzene rings is 2. The highest BCUT2D eigenvalue weighted by atomic mass is 16.6. The first kappa shape index (κ1) is 18.7. The molecule has 2 aliphatic rings. The van der Waals surface area contributed by atoms with E-state index in [2.05, 4.69) is 37.4 Å². The molecule has 5 nitrogen and oxygen atoms in total. The van der Waals surface area contributed by atoms with Crippen LogP contribution in [0.4, 0.5) is 4.79 Å². The third-order valence-electron chi connectivity index (χ3n) is 5.57. The van der Waals surface area contributed by atoms with Crippen LogP contribution in [0.1, 0.15) is 49.9 Å². The van der Waals surface area contributed by atoms with Crippen LogP contribution < -0.4 is 14.8 Å². The van der Waals surface area contributed by atoms with Crippen LogP contribution in [-0.2, 0) is 0 Å². The Hall–Kier alpha value is -2.69. The van der Waals surface area contributed by atoms with Crippen molar-refractivity contribution in [1.82, 2.24) is 10.2 Å². The third-order valence-corrected chi connectivity index (χ3v) is 5.57. The van der Waals surface area contributed by atoms with Gasteiger partial charge in [0.25, 0.3) is 0 Å².